The van der Waals surface area contributed by atoms with E-state index in [0.717, 1.165) is 25.8 Å². The topological polar surface area (TPSA) is 56.8 Å². The van der Waals surface area contributed by atoms with Crippen molar-refractivity contribution >= 4 is 5.97 Å². The van der Waals surface area contributed by atoms with Gasteiger partial charge in [-0.25, -0.2) is 5.48 Å². The molecule has 0 aromatic carbocycles. The fourth-order valence-corrected chi connectivity index (χ4v) is 1.15. The highest BCUT2D eigenvalue weighted by molar-refractivity contribution is 5.69. The normalized spacial score (nSPS) is 10.4. The van der Waals surface area contributed by atoms with Gasteiger partial charge in [0.2, 0.25) is 0 Å². The Morgan fingerprint density at radius 1 is 1.19 bits per heavy atom. The van der Waals surface area contributed by atoms with Crippen LogP contribution >= 0.6 is 0 Å². The first kappa shape index (κ1) is 15.3. The molecule has 0 unspecified atom stereocenters. The van der Waals surface area contributed by atoms with Gasteiger partial charge in [0.25, 0.3) is 0 Å². The van der Waals surface area contributed by atoms with Crippen LogP contribution < -0.4 is 5.48 Å². The lowest BCUT2D eigenvalue weighted by molar-refractivity contribution is -0.143. The predicted octanol–water partition coefficient (Wildman–Crippen LogP) is 1.28. The number of carbonyl (C=O) groups excluding carboxylic acids is 1. The molecule has 0 aromatic rings. The average molecular weight is 233 g/mol. The lowest BCUT2D eigenvalue weighted by atomic mass is 10.2. The van der Waals surface area contributed by atoms with Gasteiger partial charge >= 0.3 is 5.97 Å². The van der Waals surface area contributed by atoms with Gasteiger partial charge in [-0.15, -0.1) is 0 Å². The first-order chi connectivity index (χ1) is 7.81. The summed E-state index contributed by atoms with van der Waals surface area (Å²) in [4.78, 5) is 16.0. The lowest BCUT2D eigenvalue weighted by Crippen LogP contribution is -2.18. The van der Waals surface area contributed by atoms with Gasteiger partial charge in [0.1, 0.15) is 0 Å². The first-order valence-corrected chi connectivity index (χ1v) is 5.80. The third-order valence-corrected chi connectivity index (χ3v) is 1.96. The van der Waals surface area contributed by atoms with Crippen molar-refractivity contribution in [2.75, 3.05) is 33.5 Å². The van der Waals surface area contributed by atoms with Crippen molar-refractivity contribution in [3.8, 4) is 0 Å². The first-order valence-electron chi connectivity index (χ1n) is 5.80. The Morgan fingerprint density at radius 3 is 2.69 bits per heavy atom. The van der Waals surface area contributed by atoms with Crippen molar-refractivity contribution in [3.63, 3.8) is 0 Å². The van der Waals surface area contributed by atoms with Crippen LogP contribution in [-0.2, 0) is 19.1 Å². The molecule has 0 aromatic heterocycles. The van der Waals surface area contributed by atoms with Gasteiger partial charge in [-0.3, -0.25) is 9.63 Å². The van der Waals surface area contributed by atoms with Crippen LogP contribution in [0, 0.1) is 0 Å². The van der Waals surface area contributed by atoms with Crippen LogP contribution in [0.15, 0.2) is 0 Å². The Labute approximate surface area is 97.4 Å². The SMILES string of the molecule is CCOC(=O)CCCCCNOCCOC. The molecule has 0 aliphatic carbocycles. The maximum Gasteiger partial charge on any atom is 0.305 e. The standard InChI is InChI=1S/C11H23NO4/c1-3-15-11(13)7-5-4-6-8-12-16-10-9-14-2/h12H,3-10H2,1-2H3. The molecule has 0 radical (unpaired) electrons. The summed E-state index contributed by atoms with van der Waals surface area (Å²) in [5.41, 5.74) is 2.84. The van der Waals surface area contributed by atoms with Crippen LogP contribution in [0.5, 0.6) is 0 Å². The van der Waals surface area contributed by atoms with E-state index in [-0.39, 0.29) is 5.97 Å². The van der Waals surface area contributed by atoms with Gasteiger partial charge in [0.05, 0.1) is 19.8 Å². The summed E-state index contributed by atoms with van der Waals surface area (Å²) in [5, 5.41) is 0. The Kier molecular flexibility index (Phi) is 11.9. The van der Waals surface area contributed by atoms with E-state index in [1.165, 1.54) is 0 Å². The molecule has 0 saturated heterocycles. The Morgan fingerprint density at radius 2 is 2.00 bits per heavy atom. The van der Waals surface area contributed by atoms with E-state index in [0.29, 0.717) is 26.2 Å². The molecule has 0 amide bonds. The second-order valence-electron chi connectivity index (χ2n) is 3.35. The van der Waals surface area contributed by atoms with Crippen LogP contribution in [-0.4, -0.2) is 39.4 Å². The highest BCUT2D eigenvalue weighted by Crippen LogP contribution is 2.00. The summed E-state index contributed by atoms with van der Waals surface area (Å²) in [6.07, 6.45) is 3.38. The molecular formula is C11H23NO4. The maximum absolute atomic E-state index is 11.0. The molecule has 5 nitrogen and oxygen atoms in total. The van der Waals surface area contributed by atoms with Gasteiger partial charge in [0, 0.05) is 20.1 Å². The van der Waals surface area contributed by atoms with Crippen LogP contribution in [0.1, 0.15) is 32.6 Å². The minimum absolute atomic E-state index is 0.105. The van der Waals surface area contributed by atoms with E-state index in [9.17, 15) is 4.79 Å². The van der Waals surface area contributed by atoms with E-state index in [1.54, 1.807) is 7.11 Å². The number of hydrogen-bond donors (Lipinski definition) is 1. The summed E-state index contributed by atoms with van der Waals surface area (Å²) in [6, 6.07) is 0. The smallest absolute Gasteiger partial charge is 0.305 e. The fraction of sp³-hybridized carbons (Fsp3) is 0.909. The number of methoxy groups -OCH3 is 1. The molecule has 0 aliphatic rings. The molecule has 0 fully saturated rings. The van der Waals surface area contributed by atoms with Gasteiger partial charge in [0.15, 0.2) is 0 Å². The molecule has 0 bridgehead atoms. The zero-order chi connectivity index (χ0) is 12.1. The van der Waals surface area contributed by atoms with Crippen molar-refractivity contribution in [2.24, 2.45) is 0 Å². The Bertz CT molecular complexity index is 164. The monoisotopic (exact) mass is 233 g/mol. The number of rotatable bonds is 11. The number of nitrogens with one attached hydrogen (secondary N) is 1. The number of esters is 1. The van der Waals surface area contributed by atoms with Crippen LogP contribution in [0.2, 0.25) is 0 Å². The number of hydroxylamine groups is 1. The predicted molar refractivity (Wildman–Crippen MR) is 60.9 cm³/mol. The van der Waals surface area contributed by atoms with Crippen molar-refractivity contribution < 1.29 is 19.1 Å². The molecule has 96 valence electrons. The van der Waals surface area contributed by atoms with Crippen molar-refractivity contribution in [1.29, 1.82) is 0 Å². The highest BCUT2D eigenvalue weighted by atomic mass is 16.7. The van der Waals surface area contributed by atoms with E-state index in [1.807, 2.05) is 6.92 Å². The number of hydrogen-bond acceptors (Lipinski definition) is 5. The van der Waals surface area contributed by atoms with Crippen LogP contribution in [0.3, 0.4) is 0 Å². The Hall–Kier alpha value is -0.650. The van der Waals surface area contributed by atoms with E-state index < -0.39 is 0 Å². The molecule has 5 heteroatoms. The van der Waals surface area contributed by atoms with Gasteiger partial charge in [-0.2, -0.15) is 0 Å². The summed E-state index contributed by atoms with van der Waals surface area (Å²) in [5.74, 6) is -0.105. The average Bonchev–Trinajstić information content (AvgIpc) is 2.27. The minimum Gasteiger partial charge on any atom is -0.466 e. The van der Waals surface area contributed by atoms with Crippen LogP contribution in [0.4, 0.5) is 0 Å². The molecule has 1 N–H and O–H groups in total. The summed E-state index contributed by atoms with van der Waals surface area (Å²) in [7, 11) is 1.64. The third kappa shape index (κ3) is 11.4. The molecule has 0 rings (SSSR count). The molecule has 0 heterocycles. The molecule has 16 heavy (non-hydrogen) atoms. The molecule has 0 spiro atoms. The number of carbonyl (C=O) groups is 1. The summed E-state index contributed by atoms with van der Waals surface area (Å²) < 4.78 is 9.64. The largest absolute Gasteiger partial charge is 0.466 e. The third-order valence-electron chi connectivity index (χ3n) is 1.96. The van der Waals surface area contributed by atoms with E-state index in [2.05, 4.69) is 5.48 Å². The molecular weight excluding hydrogens is 210 g/mol. The summed E-state index contributed by atoms with van der Waals surface area (Å²) >= 11 is 0. The Balaban J connectivity index is 3.01. The summed E-state index contributed by atoms with van der Waals surface area (Å²) in [6.45, 7) is 4.23. The van der Waals surface area contributed by atoms with Crippen molar-refractivity contribution in [3.05, 3.63) is 0 Å². The second-order valence-corrected chi connectivity index (χ2v) is 3.35. The van der Waals surface area contributed by atoms with Crippen molar-refractivity contribution in [2.45, 2.75) is 32.6 Å². The van der Waals surface area contributed by atoms with E-state index >= 15 is 0 Å². The lowest BCUT2D eigenvalue weighted by Gasteiger charge is -2.05. The fourth-order valence-electron chi connectivity index (χ4n) is 1.15. The highest BCUT2D eigenvalue weighted by Gasteiger charge is 2.00. The maximum atomic E-state index is 11.0. The number of unbranched alkanes of at least 4 members (excludes halogenated alkanes) is 2. The molecule has 0 saturated carbocycles. The molecule has 0 aliphatic heterocycles. The quantitative estimate of drug-likeness (QED) is 0.331. The van der Waals surface area contributed by atoms with Gasteiger partial charge in [-0.05, 0) is 19.8 Å². The van der Waals surface area contributed by atoms with Crippen molar-refractivity contribution in [1.82, 2.24) is 5.48 Å². The molecule has 0 atom stereocenters. The van der Waals surface area contributed by atoms with Gasteiger partial charge < -0.3 is 9.47 Å². The zero-order valence-corrected chi connectivity index (χ0v) is 10.3. The van der Waals surface area contributed by atoms with Crippen LogP contribution in [0.25, 0.3) is 0 Å². The van der Waals surface area contributed by atoms with Gasteiger partial charge in [-0.1, -0.05) is 6.42 Å². The minimum atomic E-state index is -0.105. The number of ether oxygens (including phenoxy) is 2. The second kappa shape index (κ2) is 12.4. The van der Waals surface area contributed by atoms with E-state index in [4.69, 9.17) is 14.3 Å². The zero-order valence-electron chi connectivity index (χ0n) is 10.3.